The predicted molar refractivity (Wildman–Crippen MR) is 108 cm³/mol. The van der Waals surface area contributed by atoms with E-state index in [2.05, 4.69) is 0 Å². The molecule has 156 valence electrons. The lowest BCUT2D eigenvalue weighted by atomic mass is 9.83. The molecule has 2 unspecified atom stereocenters. The van der Waals surface area contributed by atoms with E-state index in [1.165, 1.54) is 0 Å². The molecule has 1 aliphatic carbocycles. The van der Waals surface area contributed by atoms with Crippen molar-refractivity contribution in [3.05, 3.63) is 0 Å². The zero-order valence-electron chi connectivity index (χ0n) is 18.0. The lowest BCUT2D eigenvalue weighted by Crippen LogP contribution is -2.88. The van der Waals surface area contributed by atoms with E-state index < -0.39 is 61.1 Å². The predicted octanol–water partition coefficient (Wildman–Crippen LogP) is 1.00. The zero-order chi connectivity index (χ0) is 21.3. The lowest BCUT2D eigenvalue weighted by molar-refractivity contribution is -0.262. The van der Waals surface area contributed by atoms with Crippen molar-refractivity contribution in [2.45, 2.75) is 113 Å². The first-order chi connectivity index (χ1) is 11.1. The number of aliphatic hydroxyl groups is 6. The van der Waals surface area contributed by atoms with Crippen LogP contribution in [0.2, 0.25) is 36.3 Å². The average Bonchev–Trinajstić information content (AvgIpc) is 2.46. The monoisotopic (exact) mass is 408 g/mol. The summed E-state index contributed by atoms with van der Waals surface area (Å²) in [5, 5.41) is 61.7. The van der Waals surface area contributed by atoms with Gasteiger partial charge in [0.25, 0.3) is 0 Å². The Morgan fingerprint density at radius 1 is 0.615 bits per heavy atom. The van der Waals surface area contributed by atoms with E-state index in [9.17, 15) is 30.6 Å². The molecule has 0 saturated heterocycles. The van der Waals surface area contributed by atoms with Crippen molar-refractivity contribution in [3.63, 3.8) is 0 Å². The van der Waals surface area contributed by atoms with Crippen molar-refractivity contribution in [2.75, 3.05) is 0 Å². The van der Waals surface area contributed by atoms with Crippen molar-refractivity contribution in [1.82, 2.24) is 0 Å². The molecule has 0 aromatic carbocycles. The number of hydrogen-bond donors (Lipinski definition) is 6. The third kappa shape index (κ3) is 2.80. The maximum atomic E-state index is 11.7. The molecule has 26 heavy (non-hydrogen) atoms. The molecule has 0 spiro atoms. The molecule has 0 heterocycles. The lowest BCUT2D eigenvalue weighted by Gasteiger charge is -2.65. The molecular formula is C18H40O6Si2. The van der Waals surface area contributed by atoms with Gasteiger partial charge in [0.05, 0.1) is 16.1 Å². The summed E-state index contributed by atoms with van der Waals surface area (Å²) in [4.78, 5) is 0. The fraction of sp³-hybridized carbons (Fsp3) is 1.00. The SMILES string of the molecule is CC(C)(C)[Si](C)(C)[C@@]1(O)C(O)[C@](O)([Si](C)(C)C(C)(C)C)[C@@H](O)C(O)[C@H]1O. The van der Waals surface area contributed by atoms with Crippen LogP contribution in [0, 0.1) is 0 Å². The summed E-state index contributed by atoms with van der Waals surface area (Å²) in [6.45, 7) is 18.8. The van der Waals surface area contributed by atoms with Crippen LogP contribution in [-0.2, 0) is 0 Å². The van der Waals surface area contributed by atoms with Gasteiger partial charge in [0.1, 0.15) is 34.9 Å². The number of aliphatic hydroxyl groups excluding tert-OH is 4. The first kappa shape index (κ1) is 24.2. The largest absolute Gasteiger partial charge is 0.388 e. The van der Waals surface area contributed by atoms with Gasteiger partial charge in [-0.2, -0.15) is 0 Å². The highest BCUT2D eigenvalue weighted by atomic mass is 28.3. The van der Waals surface area contributed by atoms with Gasteiger partial charge in [-0.3, -0.25) is 0 Å². The third-order valence-corrected chi connectivity index (χ3v) is 20.8. The summed E-state index contributed by atoms with van der Waals surface area (Å²) in [7, 11) is -5.81. The van der Waals surface area contributed by atoms with Crippen LogP contribution in [0.5, 0.6) is 0 Å². The van der Waals surface area contributed by atoms with Crippen molar-refractivity contribution < 1.29 is 30.6 Å². The molecule has 0 aromatic rings. The quantitative estimate of drug-likeness (QED) is 0.379. The molecule has 6 nitrogen and oxygen atoms in total. The molecule has 1 aliphatic rings. The van der Waals surface area contributed by atoms with Gasteiger partial charge < -0.3 is 30.6 Å². The Kier molecular flexibility index (Phi) is 5.92. The fourth-order valence-electron chi connectivity index (χ4n) is 3.98. The van der Waals surface area contributed by atoms with Crippen molar-refractivity contribution >= 4 is 16.1 Å². The van der Waals surface area contributed by atoms with Crippen LogP contribution in [0.4, 0.5) is 0 Å². The standard InChI is InChI=1S/C18H40O6Si2/c1-15(2,3)25(7,8)17(23)12(20)11(19)13(21)18(24,14(17)22)26(9,10)16(4,5)6/h11-14,19-24H,1-10H3/t11?,12-,13+,14?,17-,18-/m1/s1. The zero-order valence-corrected chi connectivity index (χ0v) is 20.0. The van der Waals surface area contributed by atoms with Gasteiger partial charge in [-0.25, -0.2) is 0 Å². The minimum absolute atomic E-state index is 0.444. The van der Waals surface area contributed by atoms with Crippen LogP contribution < -0.4 is 0 Å². The van der Waals surface area contributed by atoms with E-state index >= 15 is 0 Å². The Labute approximate surface area is 159 Å². The molecule has 0 bridgehead atoms. The van der Waals surface area contributed by atoms with Crippen LogP contribution in [0.15, 0.2) is 0 Å². The topological polar surface area (TPSA) is 121 Å². The summed E-state index contributed by atoms with van der Waals surface area (Å²) < 4.78 is 0. The second-order valence-corrected chi connectivity index (χ2v) is 22.3. The Morgan fingerprint density at radius 3 is 1.04 bits per heavy atom. The maximum absolute atomic E-state index is 11.7. The number of rotatable bonds is 2. The molecule has 0 amide bonds. The molecule has 0 aliphatic heterocycles. The van der Waals surface area contributed by atoms with Crippen LogP contribution in [0.1, 0.15) is 41.5 Å². The number of hydrogen-bond acceptors (Lipinski definition) is 6. The van der Waals surface area contributed by atoms with E-state index in [0.717, 1.165) is 0 Å². The van der Waals surface area contributed by atoms with E-state index in [-0.39, 0.29) is 0 Å². The van der Waals surface area contributed by atoms with Crippen LogP contribution in [0.3, 0.4) is 0 Å². The molecular weight excluding hydrogens is 368 g/mol. The second-order valence-electron chi connectivity index (χ2n) is 11.2. The minimum atomic E-state index is -2.91. The van der Waals surface area contributed by atoms with Gasteiger partial charge in [-0.05, 0) is 10.1 Å². The molecule has 8 heteroatoms. The maximum Gasteiger partial charge on any atom is 0.111 e. The molecule has 6 N–H and O–H groups in total. The van der Waals surface area contributed by atoms with Gasteiger partial charge in [0.15, 0.2) is 0 Å². The summed E-state index contributed by atoms with van der Waals surface area (Å²) in [5.41, 5.74) is 0. The highest BCUT2D eigenvalue weighted by Crippen LogP contribution is 2.55. The minimum Gasteiger partial charge on any atom is -0.388 e. The van der Waals surface area contributed by atoms with E-state index in [0.29, 0.717) is 0 Å². The van der Waals surface area contributed by atoms with Gasteiger partial charge >= 0.3 is 0 Å². The van der Waals surface area contributed by atoms with Crippen LogP contribution in [0.25, 0.3) is 0 Å². The van der Waals surface area contributed by atoms with Gasteiger partial charge in [0.2, 0.25) is 0 Å². The average molecular weight is 409 g/mol. The Bertz CT molecular complexity index is 493. The summed E-state index contributed by atoms with van der Waals surface area (Å²) in [6, 6.07) is 0. The van der Waals surface area contributed by atoms with Crippen molar-refractivity contribution in [3.8, 4) is 0 Å². The summed E-state index contributed by atoms with van der Waals surface area (Å²) in [5.74, 6) is 0. The highest BCUT2D eigenvalue weighted by molar-refractivity contribution is 6.85. The van der Waals surface area contributed by atoms with E-state index in [1.807, 2.05) is 67.7 Å². The van der Waals surface area contributed by atoms with E-state index in [1.54, 1.807) is 0 Å². The normalized spacial score (nSPS) is 40.6. The Balaban J connectivity index is 3.80. The third-order valence-electron chi connectivity index (χ3n) is 8.13. The molecule has 1 rings (SSSR count). The first-order valence-electron chi connectivity index (χ1n) is 9.30. The summed E-state index contributed by atoms with van der Waals surface area (Å²) >= 11 is 0. The Morgan fingerprint density at radius 2 is 0.846 bits per heavy atom. The van der Waals surface area contributed by atoms with Gasteiger partial charge in [-0.15, -0.1) is 0 Å². The molecule has 1 saturated carbocycles. The first-order valence-corrected chi connectivity index (χ1v) is 15.3. The van der Waals surface area contributed by atoms with Crippen LogP contribution in [-0.4, -0.2) is 81.7 Å². The molecule has 0 aromatic heterocycles. The Hall–Kier alpha value is 0.194. The highest BCUT2D eigenvalue weighted by Gasteiger charge is 2.75. The van der Waals surface area contributed by atoms with Crippen molar-refractivity contribution in [1.29, 1.82) is 0 Å². The molecule has 0 radical (unpaired) electrons. The van der Waals surface area contributed by atoms with Crippen molar-refractivity contribution in [2.24, 2.45) is 0 Å². The summed E-state index contributed by atoms with van der Waals surface area (Å²) in [6.07, 6.45) is -7.03. The smallest absolute Gasteiger partial charge is 0.111 e. The van der Waals surface area contributed by atoms with Gasteiger partial charge in [0, 0.05) is 0 Å². The van der Waals surface area contributed by atoms with E-state index in [4.69, 9.17) is 0 Å². The second kappa shape index (κ2) is 6.35. The molecule has 6 atom stereocenters. The molecule has 1 fully saturated rings. The van der Waals surface area contributed by atoms with Crippen LogP contribution >= 0.6 is 0 Å². The fourth-order valence-corrected chi connectivity index (χ4v) is 10.2. The van der Waals surface area contributed by atoms with Gasteiger partial charge in [-0.1, -0.05) is 67.7 Å².